The molecule has 0 saturated heterocycles. The second kappa shape index (κ2) is 10.1. The van der Waals surface area contributed by atoms with Gasteiger partial charge >= 0.3 is 0 Å². The van der Waals surface area contributed by atoms with Crippen LogP contribution in [0, 0.1) is 18.3 Å². The summed E-state index contributed by atoms with van der Waals surface area (Å²) >= 11 is 1.18. The van der Waals surface area contributed by atoms with Crippen LogP contribution < -0.4 is 10.2 Å². The predicted octanol–water partition coefficient (Wildman–Crippen LogP) is 4.43. The molecule has 0 aliphatic carbocycles. The van der Waals surface area contributed by atoms with Crippen molar-refractivity contribution in [1.29, 1.82) is 5.26 Å². The Hall–Kier alpha value is -2.85. The highest BCUT2D eigenvalue weighted by Crippen LogP contribution is 2.24. The number of nitrogens with one attached hydrogen (secondary N) is 1. The van der Waals surface area contributed by atoms with Crippen molar-refractivity contribution >= 4 is 34.8 Å². The maximum absolute atomic E-state index is 12.3. The Balaban J connectivity index is 2.03. The van der Waals surface area contributed by atoms with Gasteiger partial charge in [0.25, 0.3) is 0 Å². The molecule has 0 spiro atoms. The van der Waals surface area contributed by atoms with E-state index in [0.717, 1.165) is 17.9 Å². The van der Waals surface area contributed by atoms with Gasteiger partial charge in [-0.3, -0.25) is 9.59 Å². The molecule has 0 radical (unpaired) electrons. The number of carbonyl (C=O) groups is 2. The molecule has 6 nitrogen and oxygen atoms in total. The number of Topliss-reactive ketones (excluding diaryl/α,β-unsaturated/α-hetero) is 1. The van der Waals surface area contributed by atoms with Crippen LogP contribution >= 0.6 is 11.8 Å². The summed E-state index contributed by atoms with van der Waals surface area (Å²) in [6.07, 6.45) is 0. The lowest BCUT2D eigenvalue weighted by atomic mass is 10.1. The first kappa shape index (κ1) is 22.4. The van der Waals surface area contributed by atoms with Gasteiger partial charge in [0.15, 0.2) is 5.78 Å². The molecule has 29 heavy (non-hydrogen) atoms. The van der Waals surface area contributed by atoms with Gasteiger partial charge < -0.3 is 10.2 Å². The molecular weight excluding hydrogens is 384 g/mol. The van der Waals surface area contributed by atoms with Crippen LogP contribution in [-0.4, -0.2) is 35.0 Å². The zero-order valence-corrected chi connectivity index (χ0v) is 18.3. The van der Waals surface area contributed by atoms with Gasteiger partial charge in [0, 0.05) is 35.2 Å². The van der Waals surface area contributed by atoms with Crippen molar-refractivity contribution < 1.29 is 9.59 Å². The zero-order valence-electron chi connectivity index (χ0n) is 17.4. The molecule has 152 valence electrons. The lowest BCUT2D eigenvalue weighted by Gasteiger charge is -2.27. The van der Waals surface area contributed by atoms with Gasteiger partial charge in [0.1, 0.15) is 11.1 Å². The number of ketones is 1. The molecule has 1 N–H and O–H groups in total. The van der Waals surface area contributed by atoms with E-state index in [2.05, 4.69) is 42.0 Å². The summed E-state index contributed by atoms with van der Waals surface area (Å²) in [7, 11) is 0. The quantitative estimate of drug-likeness (QED) is 0.512. The molecular formula is C22H26N4O2S. The second-order valence-electron chi connectivity index (χ2n) is 6.91. The first-order valence-corrected chi connectivity index (χ1v) is 10.5. The van der Waals surface area contributed by atoms with Crippen LogP contribution in [0.2, 0.25) is 0 Å². The fourth-order valence-corrected chi connectivity index (χ4v) is 3.84. The molecule has 7 heteroatoms. The first-order valence-electron chi connectivity index (χ1n) is 9.48. The van der Waals surface area contributed by atoms with Crippen LogP contribution in [0.25, 0.3) is 0 Å². The van der Waals surface area contributed by atoms with Crippen molar-refractivity contribution in [2.75, 3.05) is 22.5 Å². The van der Waals surface area contributed by atoms with Crippen molar-refractivity contribution in [2.24, 2.45) is 0 Å². The van der Waals surface area contributed by atoms with E-state index in [-0.39, 0.29) is 17.4 Å². The van der Waals surface area contributed by atoms with E-state index < -0.39 is 0 Å². The minimum atomic E-state index is -0.182. The molecule has 0 aliphatic rings. The number of benzene rings is 1. The Kier molecular flexibility index (Phi) is 7.80. The number of hydrogen-bond donors (Lipinski definition) is 1. The Morgan fingerprint density at radius 1 is 1.28 bits per heavy atom. The maximum Gasteiger partial charge on any atom is 0.234 e. The standard InChI is InChI=1S/C22H26N4O2S/c1-6-26(14(2)3)19-9-7-18(8-10-19)25-21(28)13-29-22-17(12-23)11-20(16(5)27)15(4)24-22/h7-11,14H,6,13H2,1-5H3,(H,25,28). The molecule has 0 atom stereocenters. The van der Waals surface area contributed by atoms with E-state index in [1.54, 1.807) is 6.92 Å². The van der Waals surface area contributed by atoms with Gasteiger partial charge in [0.2, 0.25) is 5.91 Å². The molecule has 1 heterocycles. The van der Waals surface area contributed by atoms with Crippen LogP contribution in [0.15, 0.2) is 35.4 Å². The topological polar surface area (TPSA) is 86.1 Å². The van der Waals surface area contributed by atoms with Gasteiger partial charge in [-0.25, -0.2) is 4.98 Å². The van der Waals surface area contributed by atoms with Crippen molar-refractivity contribution in [3.05, 3.63) is 47.2 Å². The van der Waals surface area contributed by atoms with Crippen LogP contribution in [0.3, 0.4) is 0 Å². The van der Waals surface area contributed by atoms with Gasteiger partial charge in [-0.2, -0.15) is 5.26 Å². The van der Waals surface area contributed by atoms with E-state index in [1.807, 2.05) is 24.3 Å². The molecule has 1 amide bonds. The number of pyridine rings is 1. The summed E-state index contributed by atoms with van der Waals surface area (Å²) in [5.41, 5.74) is 3.12. The third kappa shape index (κ3) is 5.81. The second-order valence-corrected chi connectivity index (χ2v) is 7.87. The molecule has 1 aromatic heterocycles. The van der Waals surface area contributed by atoms with Crippen molar-refractivity contribution in [3.8, 4) is 6.07 Å². The molecule has 2 aromatic rings. The summed E-state index contributed by atoms with van der Waals surface area (Å²) < 4.78 is 0. The van der Waals surface area contributed by atoms with Crippen LogP contribution in [0.1, 0.15) is 49.3 Å². The molecule has 0 aliphatic heterocycles. The Bertz CT molecular complexity index is 933. The molecule has 0 saturated carbocycles. The zero-order chi connectivity index (χ0) is 21.6. The summed E-state index contributed by atoms with van der Waals surface area (Å²) in [6, 6.07) is 11.7. The van der Waals surface area contributed by atoms with Crippen LogP contribution in [0.5, 0.6) is 0 Å². The third-order valence-electron chi connectivity index (χ3n) is 4.46. The van der Waals surface area contributed by atoms with Gasteiger partial charge in [0.05, 0.1) is 11.3 Å². The molecule has 0 fully saturated rings. The number of thioether (sulfide) groups is 1. The van der Waals surface area contributed by atoms with Crippen molar-refractivity contribution in [2.45, 2.75) is 45.7 Å². The van der Waals surface area contributed by atoms with Crippen LogP contribution in [-0.2, 0) is 4.79 Å². The number of rotatable bonds is 8. The fraction of sp³-hybridized carbons (Fsp3) is 0.364. The molecule has 1 aromatic carbocycles. The van der Waals surface area contributed by atoms with E-state index in [1.165, 1.54) is 24.8 Å². The van der Waals surface area contributed by atoms with E-state index in [0.29, 0.717) is 27.9 Å². The summed E-state index contributed by atoms with van der Waals surface area (Å²) in [5.74, 6) is -0.198. The number of nitriles is 1. The minimum Gasteiger partial charge on any atom is -0.369 e. The average Bonchev–Trinajstić information content (AvgIpc) is 2.67. The highest BCUT2D eigenvalue weighted by Gasteiger charge is 2.14. The number of nitrogens with zero attached hydrogens (tertiary/aromatic N) is 3. The summed E-state index contributed by atoms with van der Waals surface area (Å²) in [5, 5.41) is 12.6. The first-order chi connectivity index (χ1) is 13.8. The highest BCUT2D eigenvalue weighted by molar-refractivity contribution is 8.00. The number of amides is 1. The number of aryl methyl sites for hydroxylation is 1. The van der Waals surface area contributed by atoms with Gasteiger partial charge in [-0.05, 0) is 65.0 Å². The van der Waals surface area contributed by atoms with Crippen molar-refractivity contribution in [3.63, 3.8) is 0 Å². The predicted molar refractivity (Wildman–Crippen MR) is 118 cm³/mol. The average molecular weight is 411 g/mol. The lowest BCUT2D eigenvalue weighted by Crippen LogP contribution is -2.30. The van der Waals surface area contributed by atoms with Gasteiger partial charge in [-0.1, -0.05) is 11.8 Å². The largest absolute Gasteiger partial charge is 0.369 e. The smallest absolute Gasteiger partial charge is 0.234 e. The Morgan fingerprint density at radius 2 is 1.93 bits per heavy atom. The van der Waals surface area contributed by atoms with E-state index >= 15 is 0 Å². The normalized spacial score (nSPS) is 10.5. The molecule has 0 bridgehead atoms. The SMILES string of the molecule is CCN(c1ccc(NC(=O)CSc2nc(C)c(C(C)=O)cc2C#N)cc1)C(C)C. The number of aromatic nitrogens is 1. The van der Waals surface area contributed by atoms with E-state index in [4.69, 9.17) is 0 Å². The number of carbonyl (C=O) groups excluding carboxylic acids is 2. The molecule has 2 rings (SSSR count). The third-order valence-corrected chi connectivity index (χ3v) is 5.46. The summed E-state index contributed by atoms with van der Waals surface area (Å²) in [6.45, 7) is 10.5. The fourth-order valence-electron chi connectivity index (χ4n) is 3.04. The summed E-state index contributed by atoms with van der Waals surface area (Å²) in [4.78, 5) is 30.5. The van der Waals surface area contributed by atoms with Gasteiger partial charge in [-0.15, -0.1) is 0 Å². The lowest BCUT2D eigenvalue weighted by molar-refractivity contribution is -0.113. The van der Waals surface area contributed by atoms with Crippen LogP contribution in [0.4, 0.5) is 11.4 Å². The monoisotopic (exact) mass is 410 g/mol. The minimum absolute atomic E-state index is 0.120. The highest BCUT2D eigenvalue weighted by atomic mass is 32.2. The maximum atomic E-state index is 12.3. The Labute approximate surface area is 176 Å². The Morgan fingerprint density at radius 3 is 2.45 bits per heavy atom. The number of anilines is 2. The van der Waals surface area contributed by atoms with E-state index in [9.17, 15) is 14.9 Å². The molecule has 0 unspecified atom stereocenters. The van der Waals surface area contributed by atoms with Crippen molar-refractivity contribution in [1.82, 2.24) is 4.98 Å². The number of hydrogen-bond acceptors (Lipinski definition) is 6.